The number of carbonyl (C=O) groups is 6. The summed E-state index contributed by atoms with van der Waals surface area (Å²) in [6, 6.07) is 12.3. The molecule has 6 atom stereocenters. The second-order valence-corrected chi connectivity index (χ2v) is 22.9. The van der Waals surface area contributed by atoms with Gasteiger partial charge in [-0.05, 0) is 143 Å². The van der Waals surface area contributed by atoms with Gasteiger partial charge in [0.1, 0.15) is 11.6 Å². The molecule has 2 amide bonds. The Bertz CT molecular complexity index is 2610. The number of hydrogen-bond donors (Lipinski definition) is 2. The van der Waals surface area contributed by atoms with E-state index in [-0.39, 0.29) is 76.9 Å². The number of likely N-dealkylation sites (tertiary alicyclic amines) is 2. The third-order valence-corrected chi connectivity index (χ3v) is 17.5. The lowest BCUT2D eigenvalue weighted by molar-refractivity contribution is -0.142. The van der Waals surface area contributed by atoms with Gasteiger partial charge >= 0.3 is 0 Å². The van der Waals surface area contributed by atoms with Gasteiger partial charge in [0.05, 0.1) is 12.1 Å². The van der Waals surface area contributed by atoms with E-state index in [0.717, 1.165) is 140 Å². The number of nitrogens with zero attached hydrogens (tertiary/aromatic N) is 4. The lowest BCUT2D eigenvalue weighted by Gasteiger charge is -2.35. The number of hydrogen-bond acceptors (Lipinski definition) is 8. The Morgan fingerprint density at radius 1 is 0.589 bits per heavy atom. The van der Waals surface area contributed by atoms with Crippen LogP contribution < -0.4 is 10.6 Å². The second kappa shape index (κ2) is 25.1. The standard InChI is InChI=1S/C31H45N3O3.C30H43N3O3/c1-20(2)30(36)27-19-33(28-14-13-21(3)16-26(27)28)18-24-12-9-15-34(24)31(37)25(17-29(35)22(4)32-5)23-10-7-6-8-11-23;1-19-13-14-27-26(16-19)29(22(4)34)21(3)33(27)18-24-12-9-15-32(24)30(36)25(17-28(35)20(2)31-5)23-10-7-6-8-11-23/h13-14,16,19-20,22-25,32H,6-12,15,17-18H2,1-5H3;13-14,16,20,23-25,31H,6-12,15,17-18H2,1-5H3. The van der Waals surface area contributed by atoms with E-state index in [9.17, 15) is 28.8 Å². The predicted molar refractivity (Wildman–Crippen MR) is 293 cm³/mol. The highest BCUT2D eigenvalue weighted by Crippen LogP contribution is 2.38. The molecule has 0 spiro atoms. The number of ketones is 4. The third kappa shape index (κ3) is 12.8. The highest BCUT2D eigenvalue weighted by molar-refractivity contribution is 6.09. The van der Waals surface area contributed by atoms with Crippen molar-refractivity contribution in [3.8, 4) is 0 Å². The van der Waals surface area contributed by atoms with Crippen LogP contribution in [-0.4, -0.2) is 105 Å². The number of rotatable bonds is 19. The third-order valence-electron chi connectivity index (χ3n) is 17.5. The Balaban J connectivity index is 0.000000214. The van der Waals surface area contributed by atoms with Crippen molar-refractivity contribution in [3.05, 3.63) is 70.5 Å². The molecule has 73 heavy (non-hydrogen) atoms. The fraction of sp³-hybridized carbons (Fsp3) is 0.639. The number of carbonyl (C=O) groups excluding carboxylic acids is 6. The number of fused-ring (bicyclic) bond motifs is 2. The van der Waals surface area contributed by atoms with E-state index < -0.39 is 0 Å². The molecular weight excluding hydrogens is 913 g/mol. The summed E-state index contributed by atoms with van der Waals surface area (Å²) < 4.78 is 4.43. The average Bonchev–Trinajstić information content (AvgIpc) is 4.19. The quantitative estimate of drug-likeness (QED) is 0.0884. The van der Waals surface area contributed by atoms with Gasteiger partial charge in [-0.15, -0.1) is 0 Å². The molecule has 2 N–H and O–H groups in total. The Morgan fingerprint density at radius 3 is 1.52 bits per heavy atom. The minimum Gasteiger partial charge on any atom is -0.345 e. The molecule has 4 fully saturated rings. The van der Waals surface area contributed by atoms with E-state index >= 15 is 0 Å². The lowest BCUT2D eigenvalue weighted by atomic mass is 9.76. The van der Waals surface area contributed by atoms with Crippen LogP contribution in [0.2, 0.25) is 0 Å². The summed E-state index contributed by atoms with van der Waals surface area (Å²) in [5, 5.41) is 8.12. The summed E-state index contributed by atoms with van der Waals surface area (Å²) in [6.45, 7) is 18.3. The van der Waals surface area contributed by atoms with Crippen LogP contribution in [0.5, 0.6) is 0 Å². The van der Waals surface area contributed by atoms with E-state index in [4.69, 9.17) is 0 Å². The van der Waals surface area contributed by atoms with Crippen molar-refractivity contribution < 1.29 is 28.8 Å². The summed E-state index contributed by atoms with van der Waals surface area (Å²) in [4.78, 5) is 83.8. The van der Waals surface area contributed by atoms with Gasteiger partial charge in [0.25, 0.3) is 0 Å². The smallest absolute Gasteiger partial charge is 0.226 e. The number of aromatic nitrogens is 2. The number of nitrogens with one attached hydrogen (secondary N) is 2. The summed E-state index contributed by atoms with van der Waals surface area (Å²) >= 11 is 0. The van der Waals surface area contributed by atoms with Crippen LogP contribution in [0.15, 0.2) is 42.6 Å². The SMILES string of the molecule is CNC(C)C(=O)CC(C(=O)N1CCCC1Cn1c(C)c(C(C)=O)c2cc(C)ccc21)C1CCCCC1.CNC(C)C(=O)CC(C(=O)N1CCCC1Cn1cc(C(=O)C(C)C)c2cc(C)ccc21)C1CCCCC1. The van der Waals surface area contributed by atoms with Crippen LogP contribution in [-0.2, 0) is 32.3 Å². The summed E-state index contributed by atoms with van der Waals surface area (Å²) in [5.74, 6) is 0.879. The second-order valence-electron chi connectivity index (χ2n) is 22.9. The van der Waals surface area contributed by atoms with E-state index in [0.29, 0.717) is 37.8 Å². The molecule has 398 valence electrons. The van der Waals surface area contributed by atoms with Crippen molar-refractivity contribution in [2.45, 2.75) is 195 Å². The van der Waals surface area contributed by atoms with Gasteiger partial charge in [-0.25, -0.2) is 0 Å². The minimum atomic E-state index is -0.236. The van der Waals surface area contributed by atoms with Gasteiger partial charge in [-0.3, -0.25) is 28.8 Å². The van der Waals surface area contributed by atoms with Crippen LogP contribution in [0.4, 0.5) is 0 Å². The topological polar surface area (TPSA) is 143 Å². The highest BCUT2D eigenvalue weighted by Gasteiger charge is 2.41. The summed E-state index contributed by atoms with van der Waals surface area (Å²) in [7, 11) is 3.61. The van der Waals surface area contributed by atoms with E-state index in [1.807, 2.05) is 40.8 Å². The van der Waals surface area contributed by atoms with Crippen LogP contribution >= 0.6 is 0 Å². The number of benzene rings is 2. The molecule has 2 saturated heterocycles. The normalized spacial score (nSPS) is 20.5. The molecule has 6 unspecified atom stereocenters. The van der Waals surface area contributed by atoms with Gasteiger partial charge < -0.3 is 29.6 Å². The molecule has 0 bridgehead atoms. The number of likely N-dealkylation sites (N-methyl/N-ethyl adjacent to an activating group) is 2. The molecule has 8 rings (SSSR count). The summed E-state index contributed by atoms with van der Waals surface area (Å²) in [6.07, 6.45) is 17.7. The van der Waals surface area contributed by atoms with Gasteiger partial charge in [0.2, 0.25) is 11.8 Å². The van der Waals surface area contributed by atoms with Gasteiger partial charge in [0, 0.05) is 114 Å². The average molecular weight is 1000 g/mol. The Kier molecular flexibility index (Phi) is 19.2. The first-order chi connectivity index (χ1) is 34.9. The molecular formula is C61H88N6O6. The fourth-order valence-electron chi connectivity index (χ4n) is 12.9. The van der Waals surface area contributed by atoms with Crippen LogP contribution in [0.3, 0.4) is 0 Å². The highest BCUT2D eigenvalue weighted by atomic mass is 16.2. The van der Waals surface area contributed by atoms with Crippen molar-refractivity contribution >= 4 is 56.8 Å². The molecule has 2 aliphatic heterocycles. The molecule has 2 aromatic heterocycles. The first kappa shape index (κ1) is 55.8. The van der Waals surface area contributed by atoms with Crippen LogP contribution in [0, 0.1) is 50.4 Å². The molecule has 0 radical (unpaired) electrons. The van der Waals surface area contributed by atoms with Gasteiger partial charge in [-0.2, -0.15) is 0 Å². The first-order valence-corrected chi connectivity index (χ1v) is 28.2. The van der Waals surface area contributed by atoms with E-state index in [2.05, 4.69) is 79.8 Å². The predicted octanol–water partition coefficient (Wildman–Crippen LogP) is 10.8. The van der Waals surface area contributed by atoms with Crippen molar-refractivity contribution in [3.63, 3.8) is 0 Å². The van der Waals surface area contributed by atoms with Crippen molar-refractivity contribution in [1.82, 2.24) is 29.6 Å². The van der Waals surface area contributed by atoms with Gasteiger partial charge in [0.15, 0.2) is 11.6 Å². The summed E-state index contributed by atoms with van der Waals surface area (Å²) in [5.41, 5.74) is 6.92. The van der Waals surface area contributed by atoms with Crippen LogP contribution in [0.1, 0.15) is 175 Å². The number of amides is 2. The zero-order valence-corrected chi connectivity index (χ0v) is 46.1. The van der Waals surface area contributed by atoms with Crippen molar-refractivity contribution in [1.29, 1.82) is 0 Å². The molecule has 4 heterocycles. The Labute approximate surface area is 436 Å². The Morgan fingerprint density at radius 2 is 1.05 bits per heavy atom. The fourth-order valence-corrected chi connectivity index (χ4v) is 12.9. The van der Waals surface area contributed by atoms with E-state index in [1.165, 1.54) is 12.8 Å². The monoisotopic (exact) mass is 1000 g/mol. The van der Waals surface area contributed by atoms with Crippen molar-refractivity contribution in [2.75, 3.05) is 27.2 Å². The molecule has 2 aliphatic carbocycles. The molecule has 4 aliphatic rings. The van der Waals surface area contributed by atoms with E-state index in [1.54, 1.807) is 21.0 Å². The zero-order chi connectivity index (χ0) is 52.7. The molecule has 12 nitrogen and oxygen atoms in total. The maximum absolute atomic E-state index is 14.1. The number of aryl methyl sites for hydroxylation is 2. The minimum absolute atomic E-state index is 0.0714. The van der Waals surface area contributed by atoms with Gasteiger partial charge in [-0.1, -0.05) is 75.6 Å². The Hall–Kier alpha value is -4.94. The molecule has 12 heteroatoms. The molecule has 2 saturated carbocycles. The number of Topliss-reactive ketones (excluding diaryl/α,β-unsaturated/α-hetero) is 4. The van der Waals surface area contributed by atoms with Crippen LogP contribution in [0.25, 0.3) is 21.8 Å². The lowest BCUT2D eigenvalue weighted by Crippen LogP contribution is -2.45. The largest absolute Gasteiger partial charge is 0.345 e. The first-order valence-electron chi connectivity index (χ1n) is 28.2. The zero-order valence-electron chi connectivity index (χ0n) is 46.1. The van der Waals surface area contributed by atoms with Crippen molar-refractivity contribution in [2.24, 2.45) is 29.6 Å². The molecule has 4 aromatic rings. The maximum Gasteiger partial charge on any atom is 0.226 e. The molecule has 2 aromatic carbocycles. The maximum atomic E-state index is 14.1.